The molecule has 0 spiro atoms. The maximum absolute atomic E-state index is 14.2. The Kier molecular flexibility index (Phi) is 5.15. The second-order valence-electron chi connectivity index (χ2n) is 9.34. The van der Waals surface area contributed by atoms with Gasteiger partial charge in [0.25, 0.3) is 0 Å². The van der Waals surface area contributed by atoms with Gasteiger partial charge in [0.2, 0.25) is 9.84 Å². The standard InChI is InChI=1S/C24H28N2O6S/c25-22-19(7-16-11-31-16)18(6-15-10-30-15)20(8-17-12-32-17)24(23(22)26)33(27,28)21-4-2-1-3-13(21)5-14-9-29-14/h1-4,14-17H,5-12,25-26H2. The van der Waals surface area contributed by atoms with E-state index in [2.05, 4.69) is 0 Å². The summed E-state index contributed by atoms with van der Waals surface area (Å²) in [5.74, 6) is 0. The number of anilines is 2. The van der Waals surface area contributed by atoms with E-state index in [9.17, 15) is 8.42 Å². The number of rotatable bonds is 10. The van der Waals surface area contributed by atoms with Crippen molar-refractivity contribution in [1.82, 2.24) is 0 Å². The van der Waals surface area contributed by atoms with Crippen molar-refractivity contribution >= 4 is 21.2 Å². The summed E-state index contributed by atoms with van der Waals surface area (Å²) in [5.41, 5.74) is 16.8. The third kappa shape index (κ3) is 4.36. The maximum atomic E-state index is 14.2. The number of nitrogens with two attached hydrogens (primary N) is 2. The van der Waals surface area contributed by atoms with Crippen LogP contribution in [0.25, 0.3) is 0 Å². The molecule has 0 saturated carbocycles. The minimum absolute atomic E-state index is 0.0130. The fourth-order valence-electron chi connectivity index (χ4n) is 4.65. The van der Waals surface area contributed by atoms with Crippen LogP contribution >= 0.6 is 0 Å². The van der Waals surface area contributed by atoms with Crippen LogP contribution in [0.4, 0.5) is 11.4 Å². The number of hydrogen-bond acceptors (Lipinski definition) is 8. The first-order chi connectivity index (χ1) is 15.9. The van der Waals surface area contributed by atoms with E-state index in [0.29, 0.717) is 63.4 Å². The van der Waals surface area contributed by atoms with E-state index in [4.69, 9.17) is 30.4 Å². The second kappa shape index (κ2) is 7.95. The number of epoxide rings is 4. The van der Waals surface area contributed by atoms with E-state index >= 15 is 0 Å². The number of benzene rings is 2. The zero-order valence-electron chi connectivity index (χ0n) is 18.3. The van der Waals surface area contributed by atoms with Crippen LogP contribution in [0.3, 0.4) is 0 Å². The fraction of sp³-hybridized carbons (Fsp3) is 0.500. The summed E-state index contributed by atoms with van der Waals surface area (Å²) in [5, 5.41) is 0. The average Bonchev–Trinajstić information content (AvgIpc) is 3.61. The summed E-state index contributed by atoms with van der Waals surface area (Å²) in [6.07, 6.45) is 2.46. The summed E-state index contributed by atoms with van der Waals surface area (Å²) in [4.78, 5) is 0.382. The molecule has 0 bridgehead atoms. The summed E-state index contributed by atoms with van der Waals surface area (Å²) in [6.45, 7) is 2.60. The molecule has 2 aromatic rings. The van der Waals surface area contributed by atoms with Gasteiger partial charge in [0.05, 0.1) is 67.1 Å². The van der Waals surface area contributed by atoms with Gasteiger partial charge in [0, 0.05) is 25.7 Å². The van der Waals surface area contributed by atoms with E-state index in [1.807, 2.05) is 12.1 Å². The van der Waals surface area contributed by atoms with Crippen molar-refractivity contribution in [2.24, 2.45) is 0 Å². The molecule has 8 nitrogen and oxygen atoms in total. The van der Waals surface area contributed by atoms with E-state index in [1.165, 1.54) is 0 Å². The van der Waals surface area contributed by atoms with Crippen LogP contribution < -0.4 is 11.5 Å². The number of ether oxygens (including phenoxy) is 4. The first kappa shape index (κ1) is 21.4. The summed E-state index contributed by atoms with van der Waals surface area (Å²) in [6, 6.07) is 7.08. The Bertz CT molecular complexity index is 1200. The minimum Gasteiger partial charge on any atom is -0.397 e. The smallest absolute Gasteiger partial charge is 0.209 e. The van der Waals surface area contributed by atoms with Gasteiger partial charge in [-0.1, -0.05) is 18.2 Å². The zero-order chi connectivity index (χ0) is 22.7. The molecule has 4 N–H and O–H groups in total. The molecule has 176 valence electrons. The lowest BCUT2D eigenvalue weighted by atomic mass is 9.89. The van der Waals surface area contributed by atoms with Gasteiger partial charge in [-0.05, 0) is 28.3 Å². The van der Waals surface area contributed by atoms with E-state index in [0.717, 1.165) is 16.7 Å². The third-order valence-electron chi connectivity index (χ3n) is 6.75. The predicted octanol–water partition coefficient (Wildman–Crippen LogP) is 1.45. The first-order valence-electron chi connectivity index (χ1n) is 11.4. The third-order valence-corrected chi connectivity index (χ3v) is 8.73. The van der Waals surface area contributed by atoms with Gasteiger partial charge >= 0.3 is 0 Å². The molecule has 33 heavy (non-hydrogen) atoms. The molecule has 0 radical (unpaired) electrons. The predicted molar refractivity (Wildman–Crippen MR) is 121 cm³/mol. The molecule has 4 fully saturated rings. The monoisotopic (exact) mass is 472 g/mol. The Morgan fingerprint density at radius 3 is 1.76 bits per heavy atom. The molecule has 9 heteroatoms. The van der Waals surface area contributed by atoms with Gasteiger partial charge in [0.1, 0.15) is 4.90 Å². The maximum Gasteiger partial charge on any atom is 0.209 e. The zero-order valence-corrected chi connectivity index (χ0v) is 19.1. The first-order valence-corrected chi connectivity index (χ1v) is 12.9. The normalized spacial score (nSPS) is 27.4. The fourth-order valence-corrected chi connectivity index (χ4v) is 6.55. The minimum atomic E-state index is -3.94. The molecular formula is C24H28N2O6S. The molecule has 4 unspecified atom stereocenters. The SMILES string of the molecule is Nc1c(N)c(S(=O)(=O)c2ccccc2CC2CO2)c(CC2CO2)c(CC2CO2)c1CC1CO1. The summed E-state index contributed by atoms with van der Waals surface area (Å²) in [7, 11) is -3.94. The Morgan fingerprint density at radius 2 is 1.18 bits per heavy atom. The number of nitrogen functional groups attached to an aromatic ring is 2. The Balaban J connectivity index is 1.54. The van der Waals surface area contributed by atoms with Crippen LogP contribution in [-0.4, -0.2) is 59.3 Å². The molecule has 0 aromatic heterocycles. The Morgan fingerprint density at radius 1 is 0.697 bits per heavy atom. The molecule has 2 aromatic carbocycles. The highest BCUT2D eigenvalue weighted by molar-refractivity contribution is 7.91. The average molecular weight is 473 g/mol. The van der Waals surface area contributed by atoms with Crippen molar-refractivity contribution in [2.75, 3.05) is 37.9 Å². The van der Waals surface area contributed by atoms with Gasteiger partial charge in [-0.3, -0.25) is 0 Å². The lowest BCUT2D eigenvalue weighted by Gasteiger charge is -2.23. The molecule has 6 rings (SSSR count). The van der Waals surface area contributed by atoms with Crippen molar-refractivity contribution in [3.05, 3.63) is 46.5 Å². The van der Waals surface area contributed by atoms with Crippen molar-refractivity contribution < 1.29 is 27.4 Å². The van der Waals surface area contributed by atoms with E-state index in [1.54, 1.807) is 12.1 Å². The van der Waals surface area contributed by atoms with Crippen molar-refractivity contribution in [1.29, 1.82) is 0 Å². The Labute approximate surface area is 193 Å². The molecule has 4 saturated heterocycles. The highest BCUT2D eigenvalue weighted by Crippen LogP contribution is 2.43. The highest BCUT2D eigenvalue weighted by Gasteiger charge is 2.38. The van der Waals surface area contributed by atoms with Gasteiger partial charge in [0.15, 0.2) is 0 Å². The molecule has 4 aliphatic rings. The van der Waals surface area contributed by atoms with Crippen LogP contribution in [0.5, 0.6) is 0 Å². The van der Waals surface area contributed by atoms with Gasteiger partial charge < -0.3 is 30.4 Å². The van der Waals surface area contributed by atoms with Crippen LogP contribution in [-0.2, 0) is 54.5 Å². The van der Waals surface area contributed by atoms with Crippen molar-refractivity contribution in [3.8, 4) is 0 Å². The quantitative estimate of drug-likeness (QED) is 0.392. The molecule has 0 aliphatic carbocycles. The lowest BCUT2D eigenvalue weighted by molar-refractivity contribution is 0.397. The lowest BCUT2D eigenvalue weighted by Crippen LogP contribution is -2.20. The van der Waals surface area contributed by atoms with E-state index in [-0.39, 0.29) is 39.9 Å². The number of hydrogen-bond donors (Lipinski definition) is 2. The largest absolute Gasteiger partial charge is 0.397 e. The topological polar surface area (TPSA) is 136 Å². The Hall–Kier alpha value is -2.17. The van der Waals surface area contributed by atoms with Crippen LogP contribution in [0.1, 0.15) is 22.3 Å². The highest BCUT2D eigenvalue weighted by atomic mass is 32.2. The van der Waals surface area contributed by atoms with Crippen molar-refractivity contribution in [3.63, 3.8) is 0 Å². The summed E-state index contributed by atoms with van der Waals surface area (Å²) >= 11 is 0. The van der Waals surface area contributed by atoms with Crippen LogP contribution in [0.2, 0.25) is 0 Å². The molecule has 4 heterocycles. The molecule has 4 atom stereocenters. The molecule has 4 aliphatic heterocycles. The van der Waals surface area contributed by atoms with Gasteiger partial charge in [-0.15, -0.1) is 0 Å². The second-order valence-corrected chi connectivity index (χ2v) is 11.2. The van der Waals surface area contributed by atoms with Gasteiger partial charge in [-0.2, -0.15) is 0 Å². The van der Waals surface area contributed by atoms with Crippen molar-refractivity contribution in [2.45, 2.75) is 59.9 Å². The van der Waals surface area contributed by atoms with Crippen LogP contribution in [0.15, 0.2) is 34.1 Å². The van der Waals surface area contributed by atoms with E-state index < -0.39 is 9.84 Å². The van der Waals surface area contributed by atoms with Crippen LogP contribution in [0, 0.1) is 0 Å². The number of sulfone groups is 1. The molecular weight excluding hydrogens is 444 g/mol. The summed E-state index contributed by atoms with van der Waals surface area (Å²) < 4.78 is 50.2. The molecule has 0 amide bonds. The van der Waals surface area contributed by atoms with Gasteiger partial charge in [-0.25, -0.2) is 8.42 Å².